The summed E-state index contributed by atoms with van der Waals surface area (Å²) < 4.78 is 34.0. The Hall–Kier alpha value is -3.32. The standard InChI is InChI=1S/C26H30N2O4S/c1-4-32-25-13-9-8-12-24(25)28(33(30,31)23-16-14-20(2)15-17-23)19-26(29)27-18-21(3)22-10-6-5-7-11-22/h5-17,21H,4,18-19H2,1-3H3,(H,27,29)/t21-/m1/s1. The van der Waals surface area contributed by atoms with Crippen LogP contribution in [0.15, 0.2) is 83.8 Å². The number of nitrogens with zero attached hydrogens (tertiary/aromatic N) is 1. The first-order valence-electron chi connectivity index (χ1n) is 11.0. The fourth-order valence-electron chi connectivity index (χ4n) is 3.43. The van der Waals surface area contributed by atoms with Gasteiger partial charge in [0.25, 0.3) is 10.0 Å². The third kappa shape index (κ3) is 6.14. The lowest BCUT2D eigenvalue weighted by atomic mass is 10.0. The van der Waals surface area contributed by atoms with Gasteiger partial charge in [0.15, 0.2) is 0 Å². The molecule has 3 aromatic carbocycles. The van der Waals surface area contributed by atoms with Crippen LogP contribution in [0.5, 0.6) is 5.75 Å². The molecule has 0 radical (unpaired) electrons. The number of carbonyl (C=O) groups excluding carboxylic acids is 1. The molecule has 0 unspecified atom stereocenters. The van der Waals surface area contributed by atoms with E-state index in [0.29, 0.717) is 24.6 Å². The van der Waals surface area contributed by atoms with Gasteiger partial charge in [-0.15, -0.1) is 0 Å². The first-order valence-corrected chi connectivity index (χ1v) is 12.4. The van der Waals surface area contributed by atoms with Crippen LogP contribution in [0.4, 0.5) is 5.69 Å². The van der Waals surface area contributed by atoms with Gasteiger partial charge in [0.05, 0.1) is 17.2 Å². The lowest BCUT2D eigenvalue weighted by Gasteiger charge is -2.26. The molecular formula is C26H30N2O4S. The van der Waals surface area contributed by atoms with Gasteiger partial charge in [-0.1, -0.05) is 67.1 Å². The molecule has 3 aromatic rings. The monoisotopic (exact) mass is 466 g/mol. The zero-order chi connectivity index (χ0) is 23.8. The Kier molecular flexibility index (Phi) is 8.11. The molecule has 0 saturated heterocycles. The topological polar surface area (TPSA) is 75.7 Å². The van der Waals surface area contributed by atoms with E-state index in [2.05, 4.69) is 5.32 Å². The molecule has 1 amide bonds. The predicted octanol–water partition coefficient (Wildman–Crippen LogP) is 4.51. The molecule has 0 aliphatic carbocycles. The SMILES string of the molecule is CCOc1ccccc1N(CC(=O)NC[C@@H](C)c1ccccc1)S(=O)(=O)c1ccc(C)cc1. The number of ether oxygens (including phenoxy) is 1. The number of amides is 1. The molecule has 6 nitrogen and oxygen atoms in total. The third-order valence-electron chi connectivity index (χ3n) is 5.30. The number of hydrogen-bond donors (Lipinski definition) is 1. The minimum atomic E-state index is -4.00. The van der Waals surface area contributed by atoms with Crippen molar-refractivity contribution >= 4 is 21.6 Å². The minimum absolute atomic E-state index is 0.0908. The van der Waals surface area contributed by atoms with Crippen LogP contribution in [0.25, 0.3) is 0 Å². The smallest absolute Gasteiger partial charge is 0.264 e. The number of aryl methyl sites for hydroxylation is 1. The lowest BCUT2D eigenvalue weighted by molar-refractivity contribution is -0.119. The van der Waals surface area contributed by atoms with Crippen LogP contribution in [0.3, 0.4) is 0 Å². The Labute approximate surface area is 196 Å². The molecule has 33 heavy (non-hydrogen) atoms. The van der Waals surface area contributed by atoms with Crippen molar-refractivity contribution in [1.29, 1.82) is 0 Å². The van der Waals surface area contributed by atoms with E-state index in [0.717, 1.165) is 15.4 Å². The van der Waals surface area contributed by atoms with E-state index < -0.39 is 10.0 Å². The highest BCUT2D eigenvalue weighted by Crippen LogP contribution is 2.32. The number of hydrogen-bond acceptors (Lipinski definition) is 4. The maximum atomic E-state index is 13.6. The summed E-state index contributed by atoms with van der Waals surface area (Å²) in [4.78, 5) is 13.0. The van der Waals surface area contributed by atoms with Gasteiger partial charge >= 0.3 is 0 Å². The first-order chi connectivity index (χ1) is 15.8. The van der Waals surface area contributed by atoms with Crippen LogP contribution in [0.1, 0.15) is 30.9 Å². The van der Waals surface area contributed by atoms with E-state index in [1.54, 1.807) is 48.5 Å². The highest BCUT2D eigenvalue weighted by atomic mass is 32.2. The van der Waals surface area contributed by atoms with E-state index in [1.807, 2.05) is 51.1 Å². The van der Waals surface area contributed by atoms with Crippen molar-refractivity contribution in [1.82, 2.24) is 5.32 Å². The summed E-state index contributed by atoms with van der Waals surface area (Å²) in [6.07, 6.45) is 0. The fourth-order valence-corrected chi connectivity index (χ4v) is 4.86. The molecule has 1 N–H and O–H groups in total. The largest absolute Gasteiger partial charge is 0.492 e. The summed E-state index contributed by atoms with van der Waals surface area (Å²) in [5, 5.41) is 2.88. The van der Waals surface area contributed by atoms with Crippen molar-refractivity contribution < 1.29 is 17.9 Å². The van der Waals surface area contributed by atoms with Crippen LogP contribution in [-0.4, -0.2) is 34.0 Å². The highest BCUT2D eigenvalue weighted by Gasteiger charge is 2.29. The fraction of sp³-hybridized carbons (Fsp3) is 0.269. The van der Waals surface area contributed by atoms with Crippen LogP contribution in [0, 0.1) is 6.92 Å². The van der Waals surface area contributed by atoms with Crippen molar-refractivity contribution in [3.05, 3.63) is 90.0 Å². The Morgan fingerprint density at radius 3 is 2.27 bits per heavy atom. The Morgan fingerprint density at radius 1 is 0.970 bits per heavy atom. The summed E-state index contributed by atoms with van der Waals surface area (Å²) >= 11 is 0. The molecule has 0 bridgehead atoms. The van der Waals surface area contributed by atoms with E-state index in [-0.39, 0.29) is 23.3 Å². The van der Waals surface area contributed by atoms with Crippen molar-refractivity contribution in [2.75, 3.05) is 24.0 Å². The van der Waals surface area contributed by atoms with Crippen molar-refractivity contribution in [2.45, 2.75) is 31.6 Å². The second-order valence-electron chi connectivity index (χ2n) is 7.84. The van der Waals surface area contributed by atoms with Crippen molar-refractivity contribution in [2.24, 2.45) is 0 Å². The second-order valence-corrected chi connectivity index (χ2v) is 9.70. The van der Waals surface area contributed by atoms with E-state index in [9.17, 15) is 13.2 Å². The number of nitrogens with one attached hydrogen (secondary N) is 1. The van der Waals surface area contributed by atoms with Gasteiger partial charge in [0.2, 0.25) is 5.91 Å². The molecule has 0 spiro atoms. The number of rotatable bonds is 10. The van der Waals surface area contributed by atoms with Gasteiger partial charge in [-0.3, -0.25) is 9.10 Å². The maximum absolute atomic E-state index is 13.6. The number of anilines is 1. The molecule has 1 atom stereocenters. The average Bonchev–Trinajstić information content (AvgIpc) is 2.82. The quantitative estimate of drug-likeness (QED) is 0.477. The molecule has 0 aliphatic rings. The Balaban J connectivity index is 1.87. The number of para-hydroxylation sites is 2. The minimum Gasteiger partial charge on any atom is -0.492 e. The molecule has 7 heteroatoms. The van der Waals surface area contributed by atoms with E-state index >= 15 is 0 Å². The summed E-state index contributed by atoms with van der Waals surface area (Å²) in [7, 11) is -4.00. The van der Waals surface area contributed by atoms with Crippen LogP contribution >= 0.6 is 0 Å². The molecule has 0 saturated carbocycles. The average molecular weight is 467 g/mol. The number of sulfonamides is 1. The zero-order valence-corrected chi connectivity index (χ0v) is 20.0. The van der Waals surface area contributed by atoms with Crippen LogP contribution in [-0.2, 0) is 14.8 Å². The lowest BCUT2D eigenvalue weighted by Crippen LogP contribution is -2.42. The molecule has 0 aliphatic heterocycles. The van der Waals surface area contributed by atoms with Crippen LogP contribution < -0.4 is 14.4 Å². The summed E-state index contributed by atoms with van der Waals surface area (Å²) in [5.41, 5.74) is 2.37. The maximum Gasteiger partial charge on any atom is 0.264 e. The molecule has 0 aromatic heterocycles. The summed E-state index contributed by atoms with van der Waals surface area (Å²) in [6.45, 7) is 6.14. The normalized spacial score (nSPS) is 12.1. The molecule has 0 heterocycles. The van der Waals surface area contributed by atoms with Crippen molar-refractivity contribution in [3.8, 4) is 5.75 Å². The van der Waals surface area contributed by atoms with Gasteiger partial charge in [-0.25, -0.2) is 8.42 Å². The van der Waals surface area contributed by atoms with Gasteiger partial charge in [-0.05, 0) is 49.6 Å². The Morgan fingerprint density at radius 2 is 1.61 bits per heavy atom. The summed E-state index contributed by atoms with van der Waals surface area (Å²) in [6, 6.07) is 23.3. The molecule has 0 fully saturated rings. The predicted molar refractivity (Wildman–Crippen MR) is 131 cm³/mol. The van der Waals surface area contributed by atoms with Crippen LogP contribution in [0.2, 0.25) is 0 Å². The Bertz CT molecular complexity index is 1160. The van der Waals surface area contributed by atoms with Gasteiger partial charge in [-0.2, -0.15) is 0 Å². The molecular weight excluding hydrogens is 436 g/mol. The summed E-state index contributed by atoms with van der Waals surface area (Å²) in [5.74, 6) is 0.105. The van der Waals surface area contributed by atoms with E-state index in [4.69, 9.17) is 4.74 Å². The first kappa shape index (κ1) is 24.3. The van der Waals surface area contributed by atoms with E-state index in [1.165, 1.54) is 0 Å². The van der Waals surface area contributed by atoms with Gasteiger partial charge < -0.3 is 10.1 Å². The second kappa shape index (κ2) is 11.0. The zero-order valence-electron chi connectivity index (χ0n) is 19.2. The van der Waals surface area contributed by atoms with Crippen molar-refractivity contribution in [3.63, 3.8) is 0 Å². The van der Waals surface area contributed by atoms with Gasteiger partial charge in [0.1, 0.15) is 12.3 Å². The third-order valence-corrected chi connectivity index (χ3v) is 7.08. The molecule has 3 rings (SSSR count). The number of carbonyl (C=O) groups is 1. The number of benzene rings is 3. The highest BCUT2D eigenvalue weighted by molar-refractivity contribution is 7.92. The molecule has 174 valence electrons. The van der Waals surface area contributed by atoms with Gasteiger partial charge in [0, 0.05) is 6.54 Å².